The molecule has 1 N–H and O–H groups in total. The minimum Gasteiger partial charge on any atom is -0.496 e. The number of rotatable bonds is 4. The molecular formula is C17H27BrCl2N2O. The average Bonchev–Trinajstić information content (AvgIpc) is 3.03. The third-order valence-corrected chi connectivity index (χ3v) is 5.39. The maximum Gasteiger partial charge on any atom is 0.123 e. The first-order chi connectivity index (χ1) is 10.3. The number of hydrogen-bond donors (Lipinski definition) is 1. The number of halogens is 3. The molecule has 1 heterocycles. The second kappa shape index (κ2) is 10.1. The molecule has 1 aromatic carbocycles. The highest BCUT2D eigenvalue weighted by molar-refractivity contribution is 9.10. The van der Waals surface area contributed by atoms with E-state index in [4.69, 9.17) is 4.74 Å². The second-order valence-corrected chi connectivity index (χ2v) is 7.08. The molecule has 3 rings (SSSR count). The quantitative estimate of drug-likeness (QED) is 0.771. The number of nitrogens with zero attached hydrogens (tertiary/aromatic N) is 1. The molecular weight excluding hydrogens is 399 g/mol. The van der Waals surface area contributed by atoms with Crippen LogP contribution in [0.15, 0.2) is 22.7 Å². The third kappa shape index (κ3) is 4.99. The Hall–Kier alpha value is -0.000000000000000222. The molecule has 132 valence electrons. The van der Waals surface area contributed by atoms with Gasteiger partial charge in [0.1, 0.15) is 5.75 Å². The molecule has 0 aromatic heterocycles. The Morgan fingerprint density at radius 1 is 1.17 bits per heavy atom. The minimum atomic E-state index is 0. The van der Waals surface area contributed by atoms with E-state index in [-0.39, 0.29) is 24.8 Å². The second-order valence-electron chi connectivity index (χ2n) is 6.16. The van der Waals surface area contributed by atoms with Gasteiger partial charge in [0, 0.05) is 42.3 Å². The Bertz CT molecular complexity index is 478. The van der Waals surface area contributed by atoms with Crippen LogP contribution in [-0.4, -0.2) is 38.2 Å². The number of ether oxygens (including phenoxy) is 1. The summed E-state index contributed by atoms with van der Waals surface area (Å²) in [6.07, 6.45) is 5.46. The van der Waals surface area contributed by atoms with Crippen LogP contribution in [0.1, 0.15) is 37.3 Å². The molecule has 0 unspecified atom stereocenters. The van der Waals surface area contributed by atoms with Crippen molar-refractivity contribution in [3.05, 3.63) is 28.2 Å². The Kier molecular flexibility index (Phi) is 9.24. The number of hydrogen-bond acceptors (Lipinski definition) is 3. The van der Waals surface area contributed by atoms with Crippen molar-refractivity contribution >= 4 is 40.7 Å². The van der Waals surface area contributed by atoms with Gasteiger partial charge in [-0.2, -0.15) is 0 Å². The van der Waals surface area contributed by atoms with Crippen molar-refractivity contribution in [3.8, 4) is 5.75 Å². The van der Waals surface area contributed by atoms with Crippen LogP contribution >= 0.6 is 40.7 Å². The lowest BCUT2D eigenvalue weighted by Gasteiger charge is -2.39. The largest absolute Gasteiger partial charge is 0.496 e. The normalized spacial score (nSPS) is 20.4. The van der Waals surface area contributed by atoms with E-state index in [1.807, 2.05) is 0 Å². The van der Waals surface area contributed by atoms with E-state index in [1.165, 1.54) is 31.2 Å². The molecule has 1 atom stereocenters. The van der Waals surface area contributed by atoms with Crippen LogP contribution in [-0.2, 0) is 0 Å². The zero-order chi connectivity index (χ0) is 14.7. The molecule has 0 spiro atoms. The highest BCUT2D eigenvalue weighted by atomic mass is 79.9. The van der Waals surface area contributed by atoms with Crippen LogP contribution in [0.25, 0.3) is 0 Å². The summed E-state index contributed by atoms with van der Waals surface area (Å²) in [4.78, 5) is 2.66. The standard InChI is InChI=1S/C17H25BrN2O.2ClH/c1-21-16-7-6-14(18)12-15(16)17(13-4-2-3-5-13)20-10-8-19-9-11-20;;/h6-7,12-13,17,19H,2-5,8-11H2,1H3;2*1H/t17-;;/m1../s1. The maximum atomic E-state index is 5.67. The van der Waals surface area contributed by atoms with Gasteiger partial charge < -0.3 is 10.1 Å². The monoisotopic (exact) mass is 424 g/mol. The van der Waals surface area contributed by atoms with Crippen molar-refractivity contribution in [1.82, 2.24) is 10.2 Å². The van der Waals surface area contributed by atoms with Crippen molar-refractivity contribution in [2.75, 3.05) is 33.3 Å². The van der Waals surface area contributed by atoms with E-state index in [0.29, 0.717) is 6.04 Å². The van der Waals surface area contributed by atoms with Gasteiger partial charge in [-0.15, -0.1) is 24.8 Å². The van der Waals surface area contributed by atoms with Gasteiger partial charge >= 0.3 is 0 Å². The highest BCUT2D eigenvalue weighted by Gasteiger charge is 2.33. The lowest BCUT2D eigenvalue weighted by molar-refractivity contribution is 0.123. The van der Waals surface area contributed by atoms with Gasteiger partial charge in [-0.25, -0.2) is 0 Å². The van der Waals surface area contributed by atoms with Crippen molar-refractivity contribution in [2.45, 2.75) is 31.7 Å². The maximum absolute atomic E-state index is 5.67. The summed E-state index contributed by atoms with van der Waals surface area (Å²) in [6.45, 7) is 4.47. The lowest BCUT2D eigenvalue weighted by atomic mass is 9.89. The predicted octanol–water partition coefficient (Wildman–Crippen LogP) is 4.44. The van der Waals surface area contributed by atoms with Gasteiger partial charge in [0.2, 0.25) is 0 Å². The molecule has 23 heavy (non-hydrogen) atoms. The molecule has 0 radical (unpaired) electrons. The fourth-order valence-electron chi connectivity index (χ4n) is 3.92. The van der Waals surface area contributed by atoms with E-state index >= 15 is 0 Å². The summed E-state index contributed by atoms with van der Waals surface area (Å²) < 4.78 is 6.82. The molecule has 3 nitrogen and oxygen atoms in total. The summed E-state index contributed by atoms with van der Waals surface area (Å²) >= 11 is 3.64. The molecule has 1 saturated carbocycles. The number of methoxy groups -OCH3 is 1. The van der Waals surface area contributed by atoms with Crippen LogP contribution in [0.4, 0.5) is 0 Å². The van der Waals surface area contributed by atoms with E-state index < -0.39 is 0 Å². The van der Waals surface area contributed by atoms with Gasteiger partial charge in [-0.05, 0) is 37.0 Å². The molecule has 2 aliphatic rings. The molecule has 1 aliphatic heterocycles. The summed E-state index contributed by atoms with van der Waals surface area (Å²) in [5.41, 5.74) is 1.36. The zero-order valence-corrected chi connectivity index (χ0v) is 16.8. The van der Waals surface area contributed by atoms with Crippen LogP contribution < -0.4 is 10.1 Å². The van der Waals surface area contributed by atoms with E-state index in [0.717, 1.165) is 42.3 Å². The third-order valence-electron chi connectivity index (χ3n) is 4.90. The number of nitrogens with one attached hydrogen (secondary N) is 1. The SMILES string of the molecule is COc1ccc(Br)cc1[C@@H](C1CCCC1)N1CCNCC1.Cl.Cl. The first-order valence-electron chi connectivity index (χ1n) is 8.08. The van der Waals surface area contributed by atoms with E-state index in [2.05, 4.69) is 44.3 Å². The van der Waals surface area contributed by atoms with Crippen molar-refractivity contribution < 1.29 is 4.74 Å². The van der Waals surface area contributed by atoms with Gasteiger partial charge in [0.25, 0.3) is 0 Å². The topological polar surface area (TPSA) is 24.5 Å². The van der Waals surface area contributed by atoms with Gasteiger partial charge in [0.05, 0.1) is 7.11 Å². The molecule has 0 bridgehead atoms. The van der Waals surface area contributed by atoms with Gasteiger partial charge in [-0.1, -0.05) is 28.8 Å². The Labute approximate surface area is 160 Å². The first kappa shape index (κ1) is 21.0. The van der Waals surface area contributed by atoms with Gasteiger partial charge in [-0.3, -0.25) is 4.90 Å². The molecule has 0 amide bonds. The number of benzene rings is 1. The summed E-state index contributed by atoms with van der Waals surface area (Å²) in [7, 11) is 1.79. The molecule has 6 heteroatoms. The minimum absolute atomic E-state index is 0. The Morgan fingerprint density at radius 2 is 1.83 bits per heavy atom. The summed E-state index contributed by atoms with van der Waals surface area (Å²) in [6, 6.07) is 6.95. The fourth-order valence-corrected chi connectivity index (χ4v) is 4.30. The molecule has 2 fully saturated rings. The van der Waals surface area contributed by atoms with Crippen molar-refractivity contribution in [3.63, 3.8) is 0 Å². The zero-order valence-electron chi connectivity index (χ0n) is 13.6. The smallest absolute Gasteiger partial charge is 0.123 e. The van der Waals surface area contributed by atoms with E-state index in [9.17, 15) is 0 Å². The van der Waals surface area contributed by atoms with Crippen LogP contribution in [0.5, 0.6) is 5.75 Å². The number of piperazine rings is 1. The van der Waals surface area contributed by atoms with Crippen LogP contribution in [0.2, 0.25) is 0 Å². The van der Waals surface area contributed by atoms with Crippen LogP contribution in [0.3, 0.4) is 0 Å². The molecule has 1 aromatic rings. The van der Waals surface area contributed by atoms with Crippen molar-refractivity contribution in [1.29, 1.82) is 0 Å². The summed E-state index contributed by atoms with van der Waals surface area (Å²) in [5, 5.41) is 3.47. The molecule has 1 saturated heterocycles. The van der Waals surface area contributed by atoms with Gasteiger partial charge in [0.15, 0.2) is 0 Å². The predicted molar refractivity (Wildman–Crippen MR) is 104 cm³/mol. The fraction of sp³-hybridized carbons (Fsp3) is 0.647. The molecule has 1 aliphatic carbocycles. The lowest BCUT2D eigenvalue weighted by Crippen LogP contribution is -2.46. The van der Waals surface area contributed by atoms with E-state index in [1.54, 1.807) is 7.11 Å². The first-order valence-corrected chi connectivity index (χ1v) is 8.87. The Morgan fingerprint density at radius 3 is 2.43 bits per heavy atom. The highest BCUT2D eigenvalue weighted by Crippen LogP contribution is 2.43. The summed E-state index contributed by atoms with van der Waals surface area (Å²) in [5.74, 6) is 1.81. The van der Waals surface area contributed by atoms with Crippen molar-refractivity contribution in [2.24, 2.45) is 5.92 Å². The van der Waals surface area contributed by atoms with Crippen LogP contribution in [0, 0.1) is 5.92 Å². The Balaban J connectivity index is 0.00000132. The average molecular weight is 426 g/mol.